The predicted molar refractivity (Wildman–Crippen MR) is 163 cm³/mol. The van der Waals surface area contributed by atoms with Gasteiger partial charge >= 0.3 is 12.0 Å². The summed E-state index contributed by atoms with van der Waals surface area (Å²) in [6.07, 6.45) is 2.11. The molecule has 2 unspecified atom stereocenters. The van der Waals surface area contributed by atoms with Gasteiger partial charge in [-0.2, -0.15) is 0 Å². The standard InChI is InChI=1S/C35H34FN3O4/c1-43-34(41)28-14-9-15-29(21-28)38-35(42)37-22-32(40)39(23-24-10-3-2-4-11-24)33-27(20-26-13-6-8-17-31(26)36)19-18-25-12-5-7-16-30(25)33/h2-17,21,27,33H,18-20,22-23H2,1H3,(H2,37,38,42). The molecule has 4 aromatic rings. The maximum Gasteiger partial charge on any atom is 0.337 e. The number of fused-ring (bicyclic) bond motifs is 1. The SMILES string of the molecule is COC(=O)c1cccc(NC(=O)NCC(=O)N(Cc2ccccc2)C2c3ccccc3CCC2Cc2ccccc2F)c1. The zero-order valence-corrected chi connectivity index (χ0v) is 24.0. The van der Waals surface area contributed by atoms with E-state index in [1.165, 1.54) is 24.8 Å². The quantitative estimate of drug-likeness (QED) is 0.228. The highest BCUT2D eigenvalue weighted by Gasteiger charge is 2.36. The lowest BCUT2D eigenvalue weighted by atomic mass is 9.76. The van der Waals surface area contributed by atoms with Crippen LogP contribution in [0.5, 0.6) is 0 Å². The van der Waals surface area contributed by atoms with E-state index in [-0.39, 0.29) is 30.2 Å². The number of rotatable bonds is 9. The van der Waals surface area contributed by atoms with E-state index in [0.29, 0.717) is 29.8 Å². The molecule has 0 spiro atoms. The Kier molecular flexibility index (Phi) is 9.46. The molecule has 5 rings (SSSR count). The Labute approximate surface area is 250 Å². The second kappa shape index (κ2) is 13.8. The van der Waals surface area contributed by atoms with Crippen molar-refractivity contribution in [3.05, 3.63) is 137 Å². The van der Waals surface area contributed by atoms with Crippen LogP contribution in [0.3, 0.4) is 0 Å². The molecular formula is C35H34FN3O4. The number of methoxy groups -OCH3 is 1. The van der Waals surface area contributed by atoms with Crippen molar-refractivity contribution in [2.75, 3.05) is 19.0 Å². The van der Waals surface area contributed by atoms with Crippen LogP contribution in [-0.4, -0.2) is 36.5 Å². The number of nitrogens with one attached hydrogen (secondary N) is 2. The molecule has 0 bridgehead atoms. The van der Waals surface area contributed by atoms with Gasteiger partial charge in [-0.05, 0) is 71.7 Å². The van der Waals surface area contributed by atoms with E-state index >= 15 is 0 Å². The average molecular weight is 580 g/mol. The Bertz CT molecular complexity index is 1590. The summed E-state index contributed by atoms with van der Waals surface area (Å²) in [6, 6.07) is 30.1. The van der Waals surface area contributed by atoms with Crippen LogP contribution >= 0.6 is 0 Å². The number of ether oxygens (including phenoxy) is 1. The van der Waals surface area contributed by atoms with Gasteiger partial charge in [0.15, 0.2) is 0 Å². The molecule has 43 heavy (non-hydrogen) atoms. The largest absolute Gasteiger partial charge is 0.465 e. The third-order valence-electron chi connectivity index (χ3n) is 7.84. The smallest absolute Gasteiger partial charge is 0.337 e. The van der Waals surface area contributed by atoms with E-state index in [4.69, 9.17) is 4.74 Å². The van der Waals surface area contributed by atoms with Gasteiger partial charge in [-0.15, -0.1) is 0 Å². The Balaban J connectivity index is 1.40. The first-order chi connectivity index (χ1) is 20.9. The van der Waals surface area contributed by atoms with Crippen molar-refractivity contribution < 1.29 is 23.5 Å². The molecule has 1 aliphatic rings. The van der Waals surface area contributed by atoms with Crippen LogP contribution in [0.15, 0.2) is 103 Å². The van der Waals surface area contributed by atoms with Gasteiger partial charge in [0.25, 0.3) is 0 Å². The number of urea groups is 1. The summed E-state index contributed by atoms with van der Waals surface area (Å²) in [7, 11) is 1.29. The molecule has 1 aliphatic carbocycles. The van der Waals surface area contributed by atoms with Gasteiger partial charge in [-0.1, -0.05) is 78.9 Å². The van der Waals surface area contributed by atoms with Gasteiger partial charge in [-0.3, -0.25) is 4.79 Å². The van der Waals surface area contributed by atoms with Crippen LogP contribution in [-0.2, 0) is 28.9 Å². The predicted octanol–water partition coefficient (Wildman–Crippen LogP) is 6.31. The number of halogens is 1. The molecule has 0 fully saturated rings. The molecule has 0 radical (unpaired) electrons. The van der Waals surface area contributed by atoms with Crippen LogP contribution in [0.1, 0.15) is 45.1 Å². The molecule has 0 saturated heterocycles. The number of benzene rings is 4. The van der Waals surface area contributed by atoms with Crippen molar-refractivity contribution in [3.63, 3.8) is 0 Å². The highest BCUT2D eigenvalue weighted by atomic mass is 19.1. The maximum absolute atomic E-state index is 14.8. The van der Waals surface area contributed by atoms with Crippen LogP contribution < -0.4 is 10.6 Å². The van der Waals surface area contributed by atoms with Crippen molar-refractivity contribution in [1.29, 1.82) is 0 Å². The van der Waals surface area contributed by atoms with E-state index in [0.717, 1.165) is 24.0 Å². The molecule has 3 amide bonds. The monoisotopic (exact) mass is 579 g/mol. The number of carbonyl (C=O) groups excluding carboxylic acids is 3. The minimum atomic E-state index is -0.582. The number of anilines is 1. The van der Waals surface area contributed by atoms with Crippen LogP contribution in [0.4, 0.5) is 14.9 Å². The van der Waals surface area contributed by atoms with Crippen LogP contribution in [0.2, 0.25) is 0 Å². The van der Waals surface area contributed by atoms with E-state index in [1.54, 1.807) is 30.3 Å². The van der Waals surface area contributed by atoms with Gasteiger partial charge in [-0.25, -0.2) is 14.0 Å². The number of nitrogens with zero attached hydrogens (tertiary/aromatic N) is 1. The lowest BCUT2D eigenvalue weighted by Gasteiger charge is -2.42. The molecule has 4 aromatic carbocycles. The number of carbonyl (C=O) groups is 3. The van der Waals surface area contributed by atoms with Gasteiger partial charge < -0.3 is 20.3 Å². The Hall–Kier alpha value is -4.98. The Morgan fingerprint density at radius 2 is 1.65 bits per heavy atom. The van der Waals surface area contributed by atoms with Gasteiger partial charge in [0.05, 0.1) is 25.3 Å². The lowest BCUT2D eigenvalue weighted by molar-refractivity contribution is -0.135. The minimum Gasteiger partial charge on any atom is -0.465 e. The van der Waals surface area contributed by atoms with Gasteiger partial charge in [0, 0.05) is 12.2 Å². The van der Waals surface area contributed by atoms with E-state index in [2.05, 4.69) is 16.7 Å². The van der Waals surface area contributed by atoms with Crippen molar-refractivity contribution in [2.45, 2.75) is 31.8 Å². The summed E-state index contributed by atoms with van der Waals surface area (Å²) < 4.78 is 19.5. The summed E-state index contributed by atoms with van der Waals surface area (Å²) in [5.74, 6) is -1.07. The summed E-state index contributed by atoms with van der Waals surface area (Å²) in [4.78, 5) is 40.5. The fourth-order valence-electron chi connectivity index (χ4n) is 5.78. The second-order valence-corrected chi connectivity index (χ2v) is 10.6. The van der Waals surface area contributed by atoms with Gasteiger partial charge in [0.1, 0.15) is 5.82 Å². The fourth-order valence-corrected chi connectivity index (χ4v) is 5.78. The van der Waals surface area contributed by atoms with Crippen molar-refractivity contribution in [2.24, 2.45) is 5.92 Å². The lowest BCUT2D eigenvalue weighted by Crippen LogP contribution is -2.46. The molecule has 2 atom stereocenters. The maximum atomic E-state index is 14.8. The minimum absolute atomic E-state index is 0.0330. The summed E-state index contributed by atoms with van der Waals surface area (Å²) in [6.45, 7) is 0.0807. The zero-order valence-electron chi connectivity index (χ0n) is 24.0. The Morgan fingerprint density at radius 3 is 2.44 bits per heavy atom. The average Bonchev–Trinajstić information content (AvgIpc) is 3.04. The first-order valence-corrected chi connectivity index (χ1v) is 14.3. The third kappa shape index (κ3) is 7.27. The molecule has 8 heteroatoms. The van der Waals surface area contributed by atoms with Gasteiger partial charge in [0.2, 0.25) is 5.91 Å². The molecule has 0 aliphatic heterocycles. The molecule has 220 valence electrons. The molecular weight excluding hydrogens is 545 g/mol. The van der Waals surface area contributed by atoms with Crippen molar-refractivity contribution in [1.82, 2.24) is 10.2 Å². The second-order valence-electron chi connectivity index (χ2n) is 10.6. The molecule has 0 heterocycles. The Morgan fingerprint density at radius 1 is 0.907 bits per heavy atom. The first kappa shape index (κ1) is 29.5. The number of hydrogen-bond donors (Lipinski definition) is 2. The van der Waals surface area contributed by atoms with Crippen LogP contribution in [0, 0.1) is 11.7 Å². The molecule has 2 N–H and O–H groups in total. The first-order valence-electron chi connectivity index (χ1n) is 14.3. The number of hydrogen-bond acceptors (Lipinski definition) is 4. The van der Waals surface area contributed by atoms with E-state index in [9.17, 15) is 18.8 Å². The number of esters is 1. The summed E-state index contributed by atoms with van der Waals surface area (Å²) in [5.41, 5.74) is 4.47. The molecule has 0 saturated carbocycles. The number of amides is 3. The molecule has 7 nitrogen and oxygen atoms in total. The topological polar surface area (TPSA) is 87.7 Å². The highest BCUT2D eigenvalue weighted by molar-refractivity contribution is 5.95. The zero-order chi connectivity index (χ0) is 30.2. The normalized spacial score (nSPS) is 15.6. The van der Waals surface area contributed by atoms with Crippen LogP contribution in [0.25, 0.3) is 0 Å². The van der Waals surface area contributed by atoms with E-state index < -0.39 is 12.0 Å². The fraction of sp³-hybridized carbons (Fsp3) is 0.229. The highest BCUT2D eigenvalue weighted by Crippen LogP contribution is 2.41. The molecule has 0 aromatic heterocycles. The van der Waals surface area contributed by atoms with Crippen molar-refractivity contribution in [3.8, 4) is 0 Å². The van der Waals surface area contributed by atoms with Crippen molar-refractivity contribution >= 4 is 23.6 Å². The number of aryl methyl sites for hydroxylation is 1. The third-order valence-corrected chi connectivity index (χ3v) is 7.84. The summed E-state index contributed by atoms with van der Waals surface area (Å²) in [5, 5.41) is 5.36. The summed E-state index contributed by atoms with van der Waals surface area (Å²) >= 11 is 0. The van der Waals surface area contributed by atoms with E-state index in [1.807, 2.05) is 59.5 Å².